The standard InChI is InChI=1S/C27H20N8O/c36-27(16-4-5-16)30-18-12-17(13-29-14-18)20-6-7-22-24(31-20)25(35-34-22)26-32-21-3-1-2-19(23(21)33-26)15-8-10-28-11-9-15/h1-3,6-14,16H,4-5H2,(H,30,36)(H,32,33)(H,34,35). The van der Waals surface area contributed by atoms with Gasteiger partial charge in [-0.15, -0.1) is 0 Å². The molecule has 0 aliphatic heterocycles. The van der Waals surface area contributed by atoms with E-state index in [1.54, 1.807) is 24.8 Å². The quantitative estimate of drug-likeness (QED) is 0.325. The second-order valence-corrected chi connectivity index (χ2v) is 8.91. The van der Waals surface area contributed by atoms with Crippen LogP contribution in [0.5, 0.6) is 0 Å². The number of nitrogens with zero attached hydrogens (tertiary/aromatic N) is 5. The van der Waals surface area contributed by atoms with E-state index in [1.807, 2.05) is 48.5 Å². The molecule has 0 radical (unpaired) electrons. The largest absolute Gasteiger partial charge is 0.336 e. The number of fused-ring (bicyclic) bond motifs is 2. The molecule has 7 rings (SSSR count). The Morgan fingerprint density at radius 1 is 0.889 bits per heavy atom. The summed E-state index contributed by atoms with van der Waals surface area (Å²) in [5.74, 6) is 0.802. The van der Waals surface area contributed by atoms with Crippen LogP contribution >= 0.6 is 0 Å². The number of H-pyrrole nitrogens is 2. The van der Waals surface area contributed by atoms with Gasteiger partial charge in [0.2, 0.25) is 5.91 Å². The number of benzene rings is 1. The van der Waals surface area contributed by atoms with Crippen molar-refractivity contribution >= 4 is 33.7 Å². The maximum absolute atomic E-state index is 12.2. The van der Waals surface area contributed by atoms with Crippen LogP contribution < -0.4 is 5.32 Å². The third-order valence-corrected chi connectivity index (χ3v) is 6.39. The highest BCUT2D eigenvalue weighted by atomic mass is 16.2. The van der Waals surface area contributed by atoms with Gasteiger partial charge < -0.3 is 10.3 Å². The molecule has 1 saturated carbocycles. The molecular formula is C27H20N8O. The van der Waals surface area contributed by atoms with E-state index in [4.69, 9.17) is 9.97 Å². The Balaban J connectivity index is 1.28. The molecule has 0 bridgehead atoms. The molecule has 0 atom stereocenters. The van der Waals surface area contributed by atoms with Gasteiger partial charge in [-0.05, 0) is 54.8 Å². The minimum atomic E-state index is 0.0468. The van der Waals surface area contributed by atoms with Crippen LogP contribution in [0.1, 0.15) is 12.8 Å². The Bertz CT molecular complexity index is 1750. The Hall–Kier alpha value is -4.92. The van der Waals surface area contributed by atoms with Gasteiger partial charge >= 0.3 is 0 Å². The maximum Gasteiger partial charge on any atom is 0.227 e. The number of nitrogens with one attached hydrogen (secondary N) is 3. The molecule has 9 heteroatoms. The highest BCUT2D eigenvalue weighted by Gasteiger charge is 2.29. The van der Waals surface area contributed by atoms with Crippen LogP contribution in [-0.4, -0.2) is 41.0 Å². The number of amides is 1. The zero-order valence-electron chi connectivity index (χ0n) is 19.1. The highest BCUT2D eigenvalue weighted by molar-refractivity contribution is 5.97. The number of rotatable bonds is 5. The fraction of sp³-hybridized carbons (Fsp3) is 0.111. The molecule has 36 heavy (non-hydrogen) atoms. The van der Waals surface area contributed by atoms with E-state index < -0.39 is 0 Å². The molecule has 3 N–H and O–H groups in total. The number of aromatic nitrogens is 7. The topological polar surface area (TPSA) is 125 Å². The molecule has 174 valence electrons. The number of hydrogen-bond acceptors (Lipinski definition) is 6. The van der Waals surface area contributed by atoms with Crippen LogP contribution in [0.3, 0.4) is 0 Å². The van der Waals surface area contributed by atoms with E-state index in [2.05, 4.69) is 30.5 Å². The Morgan fingerprint density at radius 3 is 2.64 bits per heavy atom. The van der Waals surface area contributed by atoms with Gasteiger partial charge in [0.15, 0.2) is 11.5 Å². The van der Waals surface area contributed by atoms with Gasteiger partial charge in [-0.1, -0.05) is 12.1 Å². The van der Waals surface area contributed by atoms with E-state index in [9.17, 15) is 4.79 Å². The van der Waals surface area contributed by atoms with Gasteiger partial charge in [-0.3, -0.25) is 19.9 Å². The highest BCUT2D eigenvalue weighted by Crippen LogP contribution is 2.33. The second kappa shape index (κ2) is 8.09. The smallest absolute Gasteiger partial charge is 0.227 e. The van der Waals surface area contributed by atoms with Crippen molar-refractivity contribution in [2.45, 2.75) is 12.8 Å². The van der Waals surface area contributed by atoms with E-state index in [-0.39, 0.29) is 11.8 Å². The molecule has 1 aromatic carbocycles. The third-order valence-electron chi connectivity index (χ3n) is 6.39. The SMILES string of the molecule is O=C(Nc1cncc(-c2ccc3[nH]nc(-c4nc5c(-c6ccncc6)cccc5[nH]4)c3n2)c1)C1CC1. The minimum Gasteiger partial charge on any atom is -0.336 e. The van der Waals surface area contributed by atoms with Crippen LogP contribution in [-0.2, 0) is 4.79 Å². The predicted octanol–water partition coefficient (Wildman–Crippen LogP) is 4.97. The molecule has 1 fully saturated rings. The van der Waals surface area contributed by atoms with Gasteiger partial charge in [0.05, 0.1) is 34.1 Å². The lowest BCUT2D eigenvalue weighted by Crippen LogP contribution is -2.13. The molecule has 0 unspecified atom stereocenters. The zero-order valence-corrected chi connectivity index (χ0v) is 19.1. The van der Waals surface area contributed by atoms with Crippen molar-refractivity contribution in [3.8, 4) is 33.9 Å². The normalized spacial score (nSPS) is 13.3. The first-order valence-electron chi connectivity index (χ1n) is 11.7. The molecule has 6 aromatic rings. The third kappa shape index (κ3) is 3.58. The second-order valence-electron chi connectivity index (χ2n) is 8.91. The lowest BCUT2D eigenvalue weighted by molar-refractivity contribution is -0.117. The summed E-state index contributed by atoms with van der Waals surface area (Å²) in [6, 6.07) is 15.7. The van der Waals surface area contributed by atoms with Crippen molar-refractivity contribution in [3.63, 3.8) is 0 Å². The lowest BCUT2D eigenvalue weighted by atomic mass is 10.1. The molecular weight excluding hydrogens is 452 g/mol. The van der Waals surface area contributed by atoms with E-state index in [0.29, 0.717) is 22.7 Å². The summed E-state index contributed by atoms with van der Waals surface area (Å²) >= 11 is 0. The summed E-state index contributed by atoms with van der Waals surface area (Å²) in [5.41, 5.74) is 8.16. The number of para-hydroxylation sites is 1. The molecule has 9 nitrogen and oxygen atoms in total. The van der Waals surface area contributed by atoms with Crippen molar-refractivity contribution in [3.05, 3.63) is 73.3 Å². The van der Waals surface area contributed by atoms with Crippen LogP contribution in [0.4, 0.5) is 5.69 Å². The van der Waals surface area contributed by atoms with Crippen LogP contribution in [0, 0.1) is 5.92 Å². The van der Waals surface area contributed by atoms with Crippen molar-refractivity contribution in [1.29, 1.82) is 0 Å². The summed E-state index contributed by atoms with van der Waals surface area (Å²) in [6.07, 6.45) is 8.84. The summed E-state index contributed by atoms with van der Waals surface area (Å²) in [7, 11) is 0. The molecule has 1 amide bonds. The van der Waals surface area contributed by atoms with Gasteiger partial charge in [0, 0.05) is 35.6 Å². The molecule has 1 aliphatic carbocycles. The number of anilines is 1. The van der Waals surface area contributed by atoms with Crippen LogP contribution in [0.25, 0.3) is 56.0 Å². The average Bonchev–Trinajstić information content (AvgIpc) is 3.55. The lowest BCUT2D eigenvalue weighted by Gasteiger charge is -2.06. The monoisotopic (exact) mass is 472 g/mol. The first-order valence-corrected chi connectivity index (χ1v) is 11.7. The Morgan fingerprint density at radius 2 is 1.78 bits per heavy atom. The van der Waals surface area contributed by atoms with E-state index in [1.165, 1.54) is 0 Å². The molecule has 5 heterocycles. The van der Waals surface area contributed by atoms with Crippen LogP contribution in [0.15, 0.2) is 73.3 Å². The first-order chi connectivity index (χ1) is 17.7. The number of aromatic amines is 2. The summed E-state index contributed by atoms with van der Waals surface area (Å²) in [4.78, 5) is 33.8. The van der Waals surface area contributed by atoms with Crippen molar-refractivity contribution < 1.29 is 4.79 Å². The number of carbonyl (C=O) groups excluding carboxylic acids is 1. The van der Waals surface area contributed by atoms with Crippen molar-refractivity contribution in [2.75, 3.05) is 5.32 Å². The molecule has 1 aliphatic rings. The van der Waals surface area contributed by atoms with Crippen molar-refractivity contribution in [1.82, 2.24) is 35.1 Å². The summed E-state index contributed by atoms with van der Waals surface area (Å²) < 4.78 is 0. The number of imidazole rings is 1. The van der Waals surface area contributed by atoms with E-state index >= 15 is 0 Å². The fourth-order valence-electron chi connectivity index (χ4n) is 4.37. The Kier molecular flexibility index (Phi) is 4.60. The van der Waals surface area contributed by atoms with E-state index in [0.717, 1.165) is 51.8 Å². The zero-order chi connectivity index (χ0) is 24.1. The predicted molar refractivity (Wildman–Crippen MR) is 137 cm³/mol. The van der Waals surface area contributed by atoms with Gasteiger partial charge in [0.25, 0.3) is 0 Å². The average molecular weight is 473 g/mol. The fourth-order valence-corrected chi connectivity index (χ4v) is 4.37. The number of hydrogen-bond donors (Lipinski definition) is 3. The van der Waals surface area contributed by atoms with Gasteiger partial charge in [0.1, 0.15) is 5.52 Å². The van der Waals surface area contributed by atoms with Crippen LogP contribution in [0.2, 0.25) is 0 Å². The summed E-state index contributed by atoms with van der Waals surface area (Å²) in [5, 5.41) is 10.5. The van der Waals surface area contributed by atoms with Crippen molar-refractivity contribution in [2.24, 2.45) is 5.92 Å². The molecule has 0 spiro atoms. The number of carbonyl (C=O) groups is 1. The van der Waals surface area contributed by atoms with Gasteiger partial charge in [-0.2, -0.15) is 5.10 Å². The minimum absolute atomic E-state index is 0.0468. The first kappa shape index (κ1) is 20.5. The van der Waals surface area contributed by atoms with Gasteiger partial charge in [-0.25, -0.2) is 9.97 Å². The Labute approximate surface area is 205 Å². The summed E-state index contributed by atoms with van der Waals surface area (Å²) in [6.45, 7) is 0. The molecule has 0 saturated heterocycles. The molecule has 5 aromatic heterocycles. The maximum atomic E-state index is 12.2. The number of pyridine rings is 3.